The molecule has 0 heterocycles. The lowest BCUT2D eigenvalue weighted by Gasteiger charge is -2.07. The smallest absolute Gasteiger partial charge is 0.320 e. The maximum atomic E-state index is 10.3. The van der Waals surface area contributed by atoms with Gasteiger partial charge in [-0.3, -0.25) is 9.59 Å². The first kappa shape index (κ1) is 16.6. The van der Waals surface area contributed by atoms with Gasteiger partial charge in [0, 0.05) is 0 Å². The van der Waals surface area contributed by atoms with E-state index in [9.17, 15) is 9.59 Å². The molecule has 15 heavy (non-hydrogen) atoms. The second kappa shape index (κ2) is 8.46. The van der Waals surface area contributed by atoms with Crippen LogP contribution in [0.15, 0.2) is 0 Å². The highest BCUT2D eigenvalue weighted by Crippen LogP contribution is 2.04. The summed E-state index contributed by atoms with van der Waals surface area (Å²) < 4.78 is 0. The third kappa shape index (κ3) is 8.17. The van der Waals surface area contributed by atoms with Crippen LogP contribution in [0, 0.1) is 0 Å². The van der Waals surface area contributed by atoms with E-state index in [0.29, 0.717) is 25.7 Å². The zero-order valence-corrected chi connectivity index (χ0v) is 9.07. The van der Waals surface area contributed by atoms with E-state index in [4.69, 9.17) is 21.7 Å². The largest absolute Gasteiger partial charge is 0.480 e. The molecular weight excluding hydrogens is 224 g/mol. The topological polar surface area (TPSA) is 127 Å². The lowest BCUT2D eigenvalue weighted by Crippen LogP contribution is -2.31. The first-order valence-corrected chi connectivity index (χ1v) is 4.42. The Kier molecular flexibility index (Phi) is 9.35. The molecule has 0 saturated heterocycles. The average Bonchev–Trinajstić information content (AvgIpc) is 2.11. The SMILES string of the molecule is Cl.N[C@@H](CCCC[C@H](N)C(=O)O)C(=O)O. The van der Waals surface area contributed by atoms with Crippen molar-refractivity contribution < 1.29 is 19.8 Å². The van der Waals surface area contributed by atoms with Crippen molar-refractivity contribution in [3.63, 3.8) is 0 Å². The van der Waals surface area contributed by atoms with Gasteiger partial charge in [0.1, 0.15) is 12.1 Å². The Morgan fingerprint density at radius 2 is 1.20 bits per heavy atom. The van der Waals surface area contributed by atoms with Crippen LogP contribution in [0.3, 0.4) is 0 Å². The highest BCUT2D eigenvalue weighted by molar-refractivity contribution is 5.85. The van der Waals surface area contributed by atoms with Crippen LogP contribution < -0.4 is 11.5 Å². The van der Waals surface area contributed by atoms with Crippen LogP contribution in [0.5, 0.6) is 0 Å². The number of hydrogen-bond acceptors (Lipinski definition) is 4. The van der Waals surface area contributed by atoms with Gasteiger partial charge in [-0.15, -0.1) is 12.4 Å². The van der Waals surface area contributed by atoms with Crippen molar-refractivity contribution in [2.24, 2.45) is 11.5 Å². The molecule has 0 radical (unpaired) electrons. The molecule has 0 fully saturated rings. The third-order valence-electron chi connectivity index (χ3n) is 1.91. The lowest BCUT2D eigenvalue weighted by molar-refractivity contribution is -0.139. The molecule has 0 aromatic carbocycles. The summed E-state index contributed by atoms with van der Waals surface area (Å²) in [4.78, 5) is 20.6. The van der Waals surface area contributed by atoms with E-state index in [-0.39, 0.29) is 12.4 Å². The molecule has 6 N–H and O–H groups in total. The Hall–Kier alpha value is -0.850. The molecule has 0 saturated carbocycles. The normalized spacial score (nSPS) is 13.7. The lowest BCUT2D eigenvalue weighted by atomic mass is 10.1. The van der Waals surface area contributed by atoms with Gasteiger partial charge >= 0.3 is 11.9 Å². The van der Waals surface area contributed by atoms with Crippen molar-refractivity contribution in [1.82, 2.24) is 0 Å². The molecule has 0 bridgehead atoms. The van der Waals surface area contributed by atoms with E-state index in [1.54, 1.807) is 0 Å². The number of rotatable bonds is 7. The van der Waals surface area contributed by atoms with E-state index < -0.39 is 24.0 Å². The first-order chi connectivity index (χ1) is 6.45. The molecule has 0 amide bonds. The van der Waals surface area contributed by atoms with E-state index in [1.807, 2.05) is 0 Å². The van der Waals surface area contributed by atoms with Crippen molar-refractivity contribution in [3.8, 4) is 0 Å². The summed E-state index contributed by atoms with van der Waals surface area (Å²) in [5.41, 5.74) is 10.5. The Balaban J connectivity index is 0. The van der Waals surface area contributed by atoms with Crippen LogP contribution in [-0.2, 0) is 9.59 Å². The Morgan fingerprint density at radius 3 is 1.40 bits per heavy atom. The molecular formula is C8H17ClN2O4. The van der Waals surface area contributed by atoms with Crippen LogP contribution in [-0.4, -0.2) is 34.2 Å². The molecule has 2 atom stereocenters. The van der Waals surface area contributed by atoms with Crippen molar-refractivity contribution in [2.45, 2.75) is 37.8 Å². The minimum atomic E-state index is -1.03. The number of unbranched alkanes of at least 4 members (excludes halogenated alkanes) is 1. The van der Waals surface area contributed by atoms with Crippen LogP contribution in [0.1, 0.15) is 25.7 Å². The van der Waals surface area contributed by atoms with Gasteiger partial charge in [-0.25, -0.2) is 0 Å². The molecule has 6 nitrogen and oxygen atoms in total. The number of carboxylic acid groups (broad SMARTS) is 2. The minimum absolute atomic E-state index is 0. The fourth-order valence-corrected chi connectivity index (χ4v) is 0.975. The van der Waals surface area contributed by atoms with Crippen molar-refractivity contribution in [1.29, 1.82) is 0 Å². The second-order valence-corrected chi connectivity index (χ2v) is 3.17. The molecule has 90 valence electrons. The van der Waals surface area contributed by atoms with Gasteiger partial charge in [-0.1, -0.05) is 12.8 Å². The third-order valence-corrected chi connectivity index (χ3v) is 1.91. The van der Waals surface area contributed by atoms with Gasteiger partial charge in [0.25, 0.3) is 0 Å². The quantitative estimate of drug-likeness (QED) is 0.456. The summed E-state index contributed by atoms with van der Waals surface area (Å²) in [7, 11) is 0. The van der Waals surface area contributed by atoms with Crippen LogP contribution in [0.25, 0.3) is 0 Å². The average molecular weight is 241 g/mol. The van der Waals surface area contributed by atoms with Crippen LogP contribution >= 0.6 is 12.4 Å². The molecule has 0 unspecified atom stereocenters. The minimum Gasteiger partial charge on any atom is -0.480 e. The Morgan fingerprint density at radius 1 is 0.933 bits per heavy atom. The number of carbonyl (C=O) groups is 2. The van der Waals surface area contributed by atoms with Gasteiger partial charge in [0.2, 0.25) is 0 Å². The molecule has 0 rings (SSSR count). The van der Waals surface area contributed by atoms with Gasteiger partial charge in [-0.05, 0) is 12.8 Å². The molecule has 0 spiro atoms. The highest BCUT2D eigenvalue weighted by atomic mass is 35.5. The van der Waals surface area contributed by atoms with Gasteiger partial charge < -0.3 is 21.7 Å². The fourth-order valence-electron chi connectivity index (χ4n) is 0.975. The molecule has 0 aliphatic carbocycles. The van der Waals surface area contributed by atoms with E-state index in [2.05, 4.69) is 0 Å². The monoisotopic (exact) mass is 240 g/mol. The summed E-state index contributed by atoms with van der Waals surface area (Å²) in [5.74, 6) is -2.07. The van der Waals surface area contributed by atoms with E-state index in [0.717, 1.165) is 0 Å². The van der Waals surface area contributed by atoms with Gasteiger partial charge in [0.05, 0.1) is 0 Å². The predicted molar refractivity (Wildman–Crippen MR) is 56.9 cm³/mol. The highest BCUT2D eigenvalue weighted by Gasteiger charge is 2.13. The van der Waals surface area contributed by atoms with Crippen LogP contribution in [0.2, 0.25) is 0 Å². The maximum absolute atomic E-state index is 10.3. The number of halogens is 1. The molecule has 0 aromatic rings. The summed E-state index contributed by atoms with van der Waals surface area (Å²) in [5, 5.41) is 16.9. The summed E-state index contributed by atoms with van der Waals surface area (Å²) in [6.07, 6.45) is 1.85. The maximum Gasteiger partial charge on any atom is 0.320 e. The second-order valence-electron chi connectivity index (χ2n) is 3.17. The fraction of sp³-hybridized carbons (Fsp3) is 0.750. The van der Waals surface area contributed by atoms with Crippen molar-refractivity contribution in [3.05, 3.63) is 0 Å². The molecule has 0 aliphatic heterocycles. The summed E-state index contributed by atoms with van der Waals surface area (Å²) >= 11 is 0. The standard InChI is InChI=1S/C8H16N2O4.ClH/c9-5(7(11)12)3-1-2-4-6(10)8(13)14;/h5-6H,1-4,9-10H2,(H,11,12)(H,13,14);1H/t5-,6-;/m0./s1. The zero-order chi connectivity index (χ0) is 11.1. The van der Waals surface area contributed by atoms with Crippen molar-refractivity contribution >= 4 is 24.3 Å². The van der Waals surface area contributed by atoms with Gasteiger partial charge in [-0.2, -0.15) is 0 Å². The summed E-state index contributed by atoms with van der Waals surface area (Å²) in [6, 6.07) is -1.73. The van der Waals surface area contributed by atoms with Crippen LogP contribution in [0.4, 0.5) is 0 Å². The molecule has 0 aromatic heterocycles. The predicted octanol–water partition coefficient (Wildman–Crippen LogP) is -0.208. The number of aliphatic carboxylic acids is 2. The number of hydrogen-bond donors (Lipinski definition) is 4. The Bertz CT molecular complexity index is 191. The Labute approximate surface area is 94.0 Å². The number of nitrogens with two attached hydrogens (primary N) is 2. The molecule has 7 heteroatoms. The van der Waals surface area contributed by atoms with Crippen molar-refractivity contribution in [2.75, 3.05) is 0 Å². The van der Waals surface area contributed by atoms with E-state index >= 15 is 0 Å². The molecule has 0 aliphatic rings. The van der Waals surface area contributed by atoms with E-state index in [1.165, 1.54) is 0 Å². The first-order valence-electron chi connectivity index (χ1n) is 4.42. The summed E-state index contributed by atoms with van der Waals surface area (Å²) in [6.45, 7) is 0. The zero-order valence-electron chi connectivity index (χ0n) is 8.26. The number of carboxylic acids is 2. The van der Waals surface area contributed by atoms with Gasteiger partial charge in [0.15, 0.2) is 0 Å².